The van der Waals surface area contributed by atoms with Crippen molar-refractivity contribution in [2.24, 2.45) is 5.92 Å². The van der Waals surface area contributed by atoms with E-state index in [-0.39, 0.29) is 16.8 Å². The lowest BCUT2D eigenvalue weighted by Crippen LogP contribution is -2.34. The highest BCUT2D eigenvalue weighted by Gasteiger charge is 2.20. The smallest absolute Gasteiger partial charge is 0.227 e. The summed E-state index contributed by atoms with van der Waals surface area (Å²) in [4.78, 5) is 11.9. The monoisotopic (exact) mass is 256 g/mol. The number of hydrogen-bond acceptors (Lipinski definition) is 2. The Morgan fingerprint density at radius 2 is 2.06 bits per heavy atom. The van der Waals surface area contributed by atoms with Crippen molar-refractivity contribution in [3.05, 3.63) is 29.0 Å². The molecule has 1 aromatic rings. The highest BCUT2D eigenvalue weighted by Crippen LogP contribution is 2.20. The van der Waals surface area contributed by atoms with Crippen LogP contribution in [-0.2, 0) is 4.79 Å². The SMILES string of the molecule is O=C(Nc1cc(F)cc(Cl)c1)C1CCNCC1. The quantitative estimate of drug-likeness (QED) is 0.853. The maximum atomic E-state index is 13.1. The number of carbonyl (C=O) groups is 1. The molecule has 1 saturated heterocycles. The van der Waals surface area contributed by atoms with Gasteiger partial charge < -0.3 is 10.6 Å². The second-order valence-corrected chi connectivity index (χ2v) is 4.61. The highest BCUT2D eigenvalue weighted by atomic mass is 35.5. The molecule has 1 fully saturated rings. The number of anilines is 1. The van der Waals surface area contributed by atoms with Crippen molar-refractivity contribution in [3.8, 4) is 0 Å². The van der Waals surface area contributed by atoms with Gasteiger partial charge in [0.25, 0.3) is 0 Å². The summed E-state index contributed by atoms with van der Waals surface area (Å²) in [7, 11) is 0. The molecule has 1 aromatic carbocycles. The van der Waals surface area contributed by atoms with Crippen molar-refractivity contribution >= 4 is 23.2 Å². The minimum atomic E-state index is -0.446. The van der Waals surface area contributed by atoms with Crippen molar-refractivity contribution in [1.82, 2.24) is 5.32 Å². The van der Waals surface area contributed by atoms with Gasteiger partial charge in [-0.1, -0.05) is 11.6 Å². The Balaban J connectivity index is 2.01. The Hall–Kier alpha value is -1.13. The molecule has 2 rings (SSSR count). The highest BCUT2D eigenvalue weighted by molar-refractivity contribution is 6.30. The molecular weight excluding hydrogens is 243 g/mol. The van der Waals surface area contributed by atoms with E-state index in [4.69, 9.17) is 11.6 Å². The number of benzene rings is 1. The van der Waals surface area contributed by atoms with Gasteiger partial charge in [0.15, 0.2) is 0 Å². The Labute approximate surface area is 104 Å². The first-order valence-electron chi connectivity index (χ1n) is 5.63. The summed E-state index contributed by atoms with van der Waals surface area (Å²) in [5.41, 5.74) is 0.415. The van der Waals surface area contributed by atoms with Crippen LogP contribution in [0.4, 0.5) is 10.1 Å². The second-order valence-electron chi connectivity index (χ2n) is 4.17. The standard InChI is InChI=1S/C12H14ClFN2O/c13-9-5-10(14)7-11(6-9)16-12(17)8-1-3-15-4-2-8/h5-8,15H,1-4H2,(H,16,17). The molecule has 92 valence electrons. The van der Waals surface area contributed by atoms with Crippen LogP contribution in [0.25, 0.3) is 0 Å². The Kier molecular flexibility index (Phi) is 3.97. The van der Waals surface area contributed by atoms with E-state index in [2.05, 4.69) is 10.6 Å². The maximum absolute atomic E-state index is 13.1. The molecule has 5 heteroatoms. The molecule has 1 aliphatic rings. The van der Waals surface area contributed by atoms with E-state index in [1.165, 1.54) is 12.1 Å². The van der Waals surface area contributed by atoms with Gasteiger partial charge in [-0.15, -0.1) is 0 Å². The molecule has 0 unspecified atom stereocenters. The van der Waals surface area contributed by atoms with Crippen LogP contribution in [0.3, 0.4) is 0 Å². The van der Waals surface area contributed by atoms with Gasteiger partial charge in [0.05, 0.1) is 0 Å². The van der Waals surface area contributed by atoms with Gasteiger partial charge >= 0.3 is 0 Å². The average molecular weight is 257 g/mol. The first kappa shape index (κ1) is 12.3. The number of rotatable bonds is 2. The fraction of sp³-hybridized carbons (Fsp3) is 0.417. The van der Waals surface area contributed by atoms with Gasteiger partial charge in [-0.3, -0.25) is 4.79 Å². The molecule has 2 N–H and O–H groups in total. The molecule has 1 heterocycles. The molecule has 0 saturated carbocycles. The summed E-state index contributed by atoms with van der Waals surface area (Å²) in [5.74, 6) is -0.510. The van der Waals surface area contributed by atoms with E-state index >= 15 is 0 Å². The van der Waals surface area contributed by atoms with Crippen molar-refractivity contribution in [2.75, 3.05) is 18.4 Å². The number of halogens is 2. The topological polar surface area (TPSA) is 41.1 Å². The van der Waals surface area contributed by atoms with Gasteiger partial charge in [-0.05, 0) is 44.1 Å². The third-order valence-electron chi connectivity index (χ3n) is 2.84. The van der Waals surface area contributed by atoms with Gasteiger partial charge in [-0.2, -0.15) is 0 Å². The molecule has 0 aliphatic carbocycles. The number of hydrogen-bond donors (Lipinski definition) is 2. The summed E-state index contributed by atoms with van der Waals surface area (Å²) in [6, 6.07) is 4.02. The molecule has 0 aromatic heterocycles. The Morgan fingerprint density at radius 1 is 1.35 bits per heavy atom. The van der Waals surface area contributed by atoms with E-state index in [0.717, 1.165) is 25.9 Å². The summed E-state index contributed by atoms with van der Waals surface area (Å²) >= 11 is 5.72. The van der Waals surface area contributed by atoms with Gasteiger partial charge in [-0.25, -0.2) is 4.39 Å². The fourth-order valence-corrected chi connectivity index (χ4v) is 2.18. The summed E-state index contributed by atoms with van der Waals surface area (Å²) in [5, 5.41) is 6.18. The summed E-state index contributed by atoms with van der Waals surface area (Å²) in [6.45, 7) is 1.70. The minimum absolute atomic E-state index is 0.00158. The van der Waals surface area contributed by atoms with E-state index in [0.29, 0.717) is 5.69 Å². The zero-order valence-electron chi connectivity index (χ0n) is 9.30. The molecule has 1 aliphatic heterocycles. The van der Waals surface area contributed by atoms with Crippen LogP contribution in [-0.4, -0.2) is 19.0 Å². The molecule has 3 nitrogen and oxygen atoms in total. The lowest BCUT2D eigenvalue weighted by molar-refractivity contribution is -0.120. The van der Waals surface area contributed by atoms with Crippen LogP contribution in [0.1, 0.15) is 12.8 Å². The number of amides is 1. The molecule has 0 atom stereocenters. The van der Waals surface area contributed by atoms with Crippen LogP contribution in [0.5, 0.6) is 0 Å². The third-order valence-corrected chi connectivity index (χ3v) is 3.06. The van der Waals surface area contributed by atoms with E-state index in [1.54, 1.807) is 6.07 Å². The summed E-state index contributed by atoms with van der Waals surface area (Å²) < 4.78 is 13.1. The van der Waals surface area contributed by atoms with Crippen molar-refractivity contribution in [1.29, 1.82) is 0 Å². The van der Waals surface area contributed by atoms with E-state index in [9.17, 15) is 9.18 Å². The van der Waals surface area contributed by atoms with Crippen LogP contribution >= 0.6 is 11.6 Å². The second kappa shape index (κ2) is 5.47. The first-order valence-corrected chi connectivity index (χ1v) is 6.00. The lowest BCUT2D eigenvalue weighted by Gasteiger charge is -2.21. The third kappa shape index (κ3) is 3.41. The molecule has 0 radical (unpaired) electrons. The number of nitrogens with one attached hydrogen (secondary N) is 2. The van der Waals surface area contributed by atoms with E-state index in [1.807, 2.05) is 0 Å². The normalized spacial score (nSPS) is 16.8. The van der Waals surface area contributed by atoms with Crippen LogP contribution in [0.15, 0.2) is 18.2 Å². The average Bonchev–Trinajstić information content (AvgIpc) is 2.28. The van der Waals surface area contributed by atoms with Crippen LogP contribution in [0.2, 0.25) is 5.02 Å². The van der Waals surface area contributed by atoms with Gasteiger partial charge in [0, 0.05) is 16.6 Å². The van der Waals surface area contributed by atoms with Crippen molar-refractivity contribution < 1.29 is 9.18 Å². The molecule has 0 bridgehead atoms. The maximum Gasteiger partial charge on any atom is 0.227 e. The largest absolute Gasteiger partial charge is 0.326 e. The zero-order chi connectivity index (χ0) is 12.3. The van der Waals surface area contributed by atoms with Gasteiger partial charge in [0.1, 0.15) is 5.82 Å². The molecular formula is C12H14ClFN2O. The molecule has 17 heavy (non-hydrogen) atoms. The predicted octanol–water partition coefficient (Wildman–Crippen LogP) is 2.42. The van der Waals surface area contributed by atoms with Crippen LogP contribution in [0, 0.1) is 11.7 Å². The molecule has 0 spiro atoms. The van der Waals surface area contributed by atoms with Gasteiger partial charge in [0.2, 0.25) is 5.91 Å². The van der Waals surface area contributed by atoms with Crippen molar-refractivity contribution in [2.45, 2.75) is 12.8 Å². The lowest BCUT2D eigenvalue weighted by atomic mass is 9.97. The zero-order valence-corrected chi connectivity index (χ0v) is 10.1. The Morgan fingerprint density at radius 3 is 2.71 bits per heavy atom. The number of carbonyl (C=O) groups excluding carboxylic acids is 1. The van der Waals surface area contributed by atoms with E-state index < -0.39 is 5.82 Å². The fourth-order valence-electron chi connectivity index (χ4n) is 1.95. The number of piperidine rings is 1. The van der Waals surface area contributed by atoms with Crippen LogP contribution < -0.4 is 10.6 Å². The molecule has 1 amide bonds. The predicted molar refractivity (Wildman–Crippen MR) is 65.6 cm³/mol. The summed E-state index contributed by atoms with van der Waals surface area (Å²) in [6.07, 6.45) is 1.63. The minimum Gasteiger partial charge on any atom is -0.326 e. The Bertz CT molecular complexity index is 399. The first-order chi connectivity index (χ1) is 8.15. The van der Waals surface area contributed by atoms with Crippen molar-refractivity contribution in [3.63, 3.8) is 0 Å².